The van der Waals surface area contributed by atoms with Crippen molar-refractivity contribution in [3.8, 4) is 0 Å². The Morgan fingerprint density at radius 1 is 0.465 bits per heavy atom. The molecule has 19 atom stereocenters. The lowest BCUT2D eigenvalue weighted by Crippen LogP contribution is -2.38. The lowest BCUT2D eigenvalue weighted by Gasteiger charge is -2.26. The topological polar surface area (TPSA) is 624 Å². The molecule has 8 aromatic rings. The molecule has 46 heteroatoms. The van der Waals surface area contributed by atoms with Gasteiger partial charge in [-0.1, -0.05) is 0 Å². The van der Waals surface area contributed by atoms with Gasteiger partial charge < -0.3 is 87.2 Å². The van der Waals surface area contributed by atoms with Crippen LogP contribution < -0.4 is 28.5 Å². The van der Waals surface area contributed by atoms with Crippen molar-refractivity contribution in [2.24, 2.45) is 0 Å². The molecule has 0 bridgehead atoms. The van der Waals surface area contributed by atoms with Gasteiger partial charge in [0.25, 0.3) is 5.56 Å². The standard InChI is InChI=1S/C40H49N20O23P3/c41-28-16-31(48-5-45-28)57(8-51-16)37-22(64)25(12(1-61)77-37)81-85(70,71)75-3-14-27(24(66)39(79-14)59-10-53-18-30(43)47-7-50-33(18)59)83-86(72,73)76-4-15-26(23(65)38(80-15)58-9-52-17-29(42)46-6-49-32(17)58)82-84(68,69)74-2-13-20(62)21(63)36(78-13)60-11-54-19-34(60)55-40(44)56-35(19)67/h5-15,20-27,36-39,61-66H,1-4H2,(H,68,69)(H,70,71)(H,72,73)(H2,41,45,48)(H2,42,46,49)(H2,43,47,50)(H3,44,55,56,67)/t12-,13-,14-,15-,20-,21-,22-,23-,24-,25-,26-,27-,36-,37-,38-,39-/m1/s1. The predicted octanol–water partition coefficient (Wildman–Crippen LogP) is -5.14. The number of nitrogen functional groups attached to an aromatic ring is 4. The maximum Gasteiger partial charge on any atom is 0.472 e. The van der Waals surface area contributed by atoms with Crippen molar-refractivity contribution < 1.29 is 105 Å². The summed E-state index contributed by atoms with van der Waals surface area (Å²) < 4.78 is 102. The fraction of sp³-hybridized carbons (Fsp3) is 0.500. The number of H-pyrrole nitrogens is 1. The third kappa shape index (κ3) is 10.9. The Bertz CT molecular complexity index is 4060. The molecule has 0 saturated carbocycles. The van der Waals surface area contributed by atoms with Crippen LogP contribution in [0.5, 0.6) is 0 Å². The molecule has 86 heavy (non-hydrogen) atoms. The summed E-state index contributed by atoms with van der Waals surface area (Å²) in [6.45, 7) is -4.17. The molecule has 4 aliphatic rings. The number of phosphoric ester groups is 3. The van der Waals surface area contributed by atoms with E-state index in [1.807, 2.05) is 0 Å². The molecule has 0 radical (unpaired) electrons. The fourth-order valence-corrected chi connectivity index (χ4v) is 13.0. The molecular formula is C40H49N20O23P3. The number of aliphatic hydroxyl groups excluding tert-OH is 6. The van der Waals surface area contributed by atoms with E-state index < -0.39 is 154 Å². The number of hydrogen-bond donors (Lipinski definition) is 14. The van der Waals surface area contributed by atoms with E-state index in [0.717, 1.165) is 51.7 Å². The quantitative estimate of drug-likeness (QED) is 0.0317. The molecule has 462 valence electrons. The van der Waals surface area contributed by atoms with Crippen LogP contribution in [0.2, 0.25) is 0 Å². The van der Waals surface area contributed by atoms with E-state index in [9.17, 15) is 63.8 Å². The summed E-state index contributed by atoms with van der Waals surface area (Å²) >= 11 is 0. The fourth-order valence-electron chi connectivity index (χ4n) is 10.1. The van der Waals surface area contributed by atoms with Gasteiger partial charge in [0.2, 0.25) is 5.95 Å². The first-order valence-corrected chi connectivity index (χ1v) is 29.5. The minimum absolute atomic E-state index is 0.0166. The molecule has 0 spiro atoms. The van der Waals surface area contributed by atoms with Crippen LogP contribution in [-0.2, 0) is 59.8 Å². The predicted molar refractivity (Wildman–Crippen MR) is 276 cm³/mol. The normalized spacial score (nSPS) is 31.8. The minimum atomic E-state index is -5.67. The number of phosphoric acid groups is 3. The number of hydrogen-bond acceptors (Lipinski definition) is 35. The van der Waals surface area contributed by atoms with E-state index >= 15 is 0 Å². The third-order valence-electron chi connectivity index (χ3n) is 14.1. The van der Waals surface area contributed by atoms with E-state index in [1.54, 1.807) is 0 Å². The summed E-state index contributed by atoms with van der Waals surface area (Å²) in [5.74, 6) is -0.544. The smallest absolute Gasteiger partial charge is 0.394 e. The highest BCUT2D eigenvalue weighted by Crippen LogP contribution is 2.54. The van der Waals surface area contributed by atoms with Gasteiger partial charge in [-0.05, 0) is 0 Å². The lowest BCUT2D eigenvalue weighted by molar-refractivity contribution is -0.0633. The van der Waals surface area contributed by atoms with E-state index in [-0.39, 0.29) is 68.1 Å². The summed E-state index contributed by atoms with van der Waals surface area (Å²) in [5, 5.41) is 67.1. The van der Waals surface area contributed by atoms with Gasteiger partial charge in [0.05, 0.1) is 51.7 Å². The number of nitrogens with two attached hydrogens (primary N) is 4. The van der Waals surface area contributed by atoms with Gasteiger partial charge in [-0.25, -0.2) is 63.5 Å². The van der Waals surface area contributed by atoms with Crippen molar-refractivity contribution in [3.05, 3.63) is 54.6 Å². The number of anilines is 4. The van der Waals surface area contributed by atoms with Crippen LogP contribution in [-0.4, -0.2) is 223 Å². The van der Waals surface area contributed by atoms with Gasteiger partial charge in [-0.2, -0.15) is 4.98 Å². The second-order valence-corrected chi connectivity index (χ2v) is 23.6. The van der Waals surface area contributed by atoms with Crippen LogP contribution in [0.25, 0.3) is 44.7 Å². The molecule has 0 aliphatic carbocycles. The Morgan fingerprint density at radius 3 is 1.21 bits per heavy atom. The first kappa shape index (κ1) is 59.5. The van der Waals surface area contributed by atoms with Crippen LogP contribution in [0.3, 0.4) is 0 Å². The number of fused-ring (bicyclic) bond motifs is 4. The Morgan fingerprint density at radius 2 is 0.802 bits per heavy atom. The van der Waals surface area contributed by atoms with E-state index in [4.69, 9.17) is 69.0 Å². The van der Waals surface area contributed by atoms with Crippen molar-refractivity contribution in [3.63, 3.8) is 0 Å². The van der Waals surface area contributed by atoms with Crippen molar-refractivity contribution in [2.75, 3.05) is 49.4 Å². The number of nitrogens with zero attached hydrogens (tertiary/aromatic N) is 15. The average Bonchev–Trinajstić information content (AvgIpc) is 2.05. The van der Waals surface area contributed by atoms with Crippen LogP contribution >= 0.6 is 23.5 Å². The molecule has 4 saturated heterocycles. The highest BCUT2D eigenvalue weighted by atomic mass is 31.2. The van der Waals surface area contributed by atoms with Crippen molar-refractivity contribution in [1.29, 1.82) is 0 Å². The van der Waals surface area contributed by atoms with E-state index in [1.165, 1.54) is 10.9 Å². The number of rotatable bonds is 20. The van der Waals surface area contributed by atoms with Crippen molar-refractivity contribution in [2.45, 2.75) is 98.2 Å². The highest BCUT2D eigenvalue weighted by Gasteiger charge is 2.55. The molecular weight excluding hydrogens is 1220 g/mol. The minimum Gasteiger partial charge on any atom is -0.394 e. The summed E-state index contributed by atoms with van der Waals surface area (Å²) in [7, 11) is -16.6. The largest absolute Gasteiger partial charge is 0.472 e. The SMILES string of the molecule is Nc1nc2c(ncn2[C@@H]2O[C@H](COP(=O)(O)O[C@H]3[C@@H](O)[C@H](n4cnc5c(N)ncnc54)O[C@@H]3COP(=O)(O)O[C@H]3[C@@H](O)[C@H](n4cnc5c(N)ncnc54)O[C@@H]3COP(=O)(O)O[C@H]3[C@@H](O)[C@H](n4cnc5c(N)ncnc54)O[C@@H]3CO)[C@@H](O)[C@H]2O)c(=O)[nH]1. The second kappa shape index (κ2) is 22.7. The Balaban J connectivity index is 0.765. The zero-order chi connectivity index (χ0) is 60.9. The Labute approximate surface area is 475 Å². The Kier molecular flexibility index (Phi) is 15.7. The first-order valence-electron chi connectivity index (χ1n) is 25.0. The summed E-state index contributed by atoms with van der Waals surface area (Å²) in [4.78, 5) is 92.6. The molecule has 3 unspecified atom stereocenters. The molecule has 12 rings (SSSR count). The van der Waals surface area contributed by atoms with Gasteiger partial charge in [-0.15, -0.1) is 0 Å². The number of aromatic nitrogens is 16. The van der Waals surface area contributed by atoms with Crippen LogP contribution in [0, 0.1) is 0 Å². The monoisotopic (exact) mass is 1270 g/mol. The van der Waals surface area contributed by atoms with Gasteiger partial charge >= 0.3 is 23.5 Å². The average molecular weight is 1270 g/mol. The number of ether oxygens (including phenoxy) is 4. The number of imidazole rings is 4. The van der Waals surface area contributed by atoms with E-state index in [0.29, 0.717) is 0 Å². The Hall–Kier alpha value is -6.87. The van der Waals surface area contributed by atoms with Crippen molar-refractivity contribution >= 4 is 91.5 Å². The zero-order valence-electron chi connectivity index (χ0n) is 43.2. The van der Waals surface area contributed by atoms with Gasteiger partial charge in [0.15, 0.2) is 70.5 Å². The summed E-state index contributed by atoms with van der Waals surface area (Å²) in [5.41, 5.74) is 22.6. The zero-order valence-corrected chi connectivity index (χ0v) is 45.9. The summed E-state index contributed by atoms with van der Waals surface area (Å²) in [6, 6.07) is 0. The molecule has 0 aromatic carbocycles. The molecule has 43 nitrogen and oxygen atoms in total. The van der Waals surface area contributed by atoms with Gasteiger partial charge in [-0.3, -0.25) is 55.2 Å². The molecule has 4 aliphatic heterocycles. The molecule has 12 heterocycles. The van der Waals surface area contributed by atoms with Crippen molar-refractivity contribution in [1.82, 2.24) is 78.1 Å². The number of aromatic amines is 1. The van der Waals surface area contributed by atoms with E-state index in [2.05, 4.69) is 59.8 Å². The van der Waals surface area contributed by atoms with Crippen LogP contribution in [0.4, 0.5) is 23.4 Å². The molecule has 18 N–H and O–H groups in total. The third-order valence-corrected chi connectivity index (χ3v) is 17.1. The maximum atomic E-state index is 14.2. The lowest BCUT2D eigenvalue weighted by atomic mass is 10.1. The summed E-state index contributed by atoms with van der Waals surface area (Å²) in [6.07, 6.45) is -20.9. The molecule has 4 fully saturated rings. The van der Waals surface area contributed by atoms with Gasteiger partial charge in [0, 0.05) is 0 Å². The number of nitrogens with one attached hydrogen (secondary N) is 1. The van der Waals surface area contributed by atoms with Gasteiger partial charge in [0.1, 0.15) is 109 Å². The van der Waals surface area contributed by atoms with Crippen LogP contribution in [0.15, 0.2) is 49.1 Å². The highest BCUT2D eigenvalue weighted by molar-refractivity contribution is 7.48. The molecule has 0 amide bonds. The second-order valence-electron chi connectivity index (χ2n) is 19.4. The maximum absolute atomic E-state index is 14.2. The number of aliphatic hydroxyl groups is 6. The van der Waals surface area contributed by atoms with Crippen LogP contribution in [0.1, 0.15) is 24.9 Å². The molecule has 8 aromatic heterocycles. The first-order chi connectivity index (χ1) is 40.9.